The Morgan fingerprint density at radius 2 is 2.00 bits per heavy atom. The van der Waals surface area contributed by atoms with E-state index >= 15 is 0 Å². The van der Waals surface area contributed by atoms with Gasteiger partial charge in [-0.25, -0.2) is 18.4 Å². The van der Waals surface area contributed by atoms with E-state index in [1.54, 1.807) is 0 Å². The number of sulfonamides is 1. The Hall–Kier alpha value is -1.80. The smallest absolute Gasteiger partial charge is 0.339 e. The van der Waals surface area contributed by atoms with Gasteiger partial charge in [-0.05, 0) is 6.07 Å². The van der Waals surface area contributed by atoms with Crippen LogP contribution in [0.15, 0.2) is 17.0 Å². The molecule has 0 aliphatic heterocycles. The number of nitrogens with two attached hydrogens (primary N) is 2. The van der Waals surface area contributed by atoms with Gasteiger partial charge in [-0.1, -0.05) is 0 Å². The van der Waals surface area contributed by atoms with Crippen LogP contribution in [-0.4, -0.2) is 26.6 Å². The number of ether oxygens (including phenoxy) is 1. The summed E-state index contributed by atoms with van der Waals surface area (Å²) in [6.45, 7) is 0. The standard InChI is InChI=1S/C8H10N2O5S/c1-15-6-3-5(9)7(16(10,13)14)2-4(6)8(11)12/h2-3H,9H2,1H3,(H,11,12)(H2,10,13,14). The highest BCUT2D eigenvalue weighted by molar-refractivity contribution is 7.89. The lowest BCUT2D eigenvalue weighted by molar-refractivity contribution is 0.0693. The van der Waals surface area contributed by atoms with Crippen LogP contribution in [0.3, 0.4) is 0 Å². The number of hydrogen-bond donors (Lipinski definition) is 3. The number of carbonyl (C=O) groups is 1. The van der Waals surface area contributed by atoms with Crippen molar-refractivity contribution >= 4 is 21.7 Å². The molecule has 88 valence electrons. The zero-order valence-corrected chi connectivity index (χ0v) is 9.11. The van der Waals surface area contributed by atoms with E-state index in [1.807, 2.05) is 0 Å². The number of hydrogen-bond acceptors (Lipinski definition) is 5. The molecule has 0 amide bonds. The highest BCUT2D eigenvalue weighted by atomic mass is 32.2. The van der Waals surface area contributed by atoms with E-state index in [0.717, 1.165) is 12.1 Å². The number of carboxylic acids is 1. The van der Waals surface area contributed by atoms with Crippen molar-refractivity contribution in [3.8, 4) is 5.75 Å². The van der Waals surface area contributed by atoms with E-state index in [0.29, 0.717) is 0 Å². The van der Waals surface area contributed by atoms with Crippen molar-refractivity contribution in [2.24, 2.45) is 5.14 Å². The van der Waals surface area contributed by atoms with Gasteiger partial charge in [0.15, 0.2) is 0 Å². The molecule has 0 saturated carbocycles. The average molecular weight is 246 g/mol. The van der Waals surface area contributed by atoms with Crippen LogP contribution in [-0.2, 0) is 10.0 Å². The minimum absolute atomic E-state index is 0.0302. The van der Waals surface area contributed by atoms with Gasteiger partial charge in [0.05, 0.1) is 12.8 Å². The third-order valence-electron chi connectivity index (χ3n) is 1.87. The topological polar surface area (TPSA) is 133 Å². The molecule has 1 aromatic carbocycles. The van der Waals surface area contributed by atoms with Gasteiger partial charge >= 0.3 is 5.97 Å². The van der Waals surface area contributed by atoms with Crippen LogP contribution in [0, 0.1) is 0 Å². The lowest BCUT2D eigenvalue weighted by atomic mass is 10.2. The molecule has 0 aliphatic carbocycles. The maximum atomic E-state index is 11.1. The molecule has 1 aromatic rings. The Bertz CT molecular complexity index is 538. The van der Waals surface area contributed by atoms with Crippen LogP contribution in [0.1, 0.15) is 10.4 Å². The molecule has 0 unspecified atom stereocenters. The number of benzene rings is 1. The summed E-state index contributed by atoms with van der Waals surface area (Å²) in [4.78, 5) is 10.4. The fourth-order valence-corrected chi connectivity index (χ4v) is 1.83. The fourth-order valence-electron chi connectivity index (χ4n) is 1.16. The summed E-state index contributed by atoms with van der Waals surface area (Å²) in [6, 6.07) is 1.97. The molecule has 7 nitrogen and oxygen atoms in total. The molecular weight excluding hydrogens is 236 g/mol. The lowest BCUT2D eigenvalue weighted by Gasteiger charge is -2.09. The summed E-state index contributed by atoms with van der Waals surface area (Å²) in [6.07, 6.45) is 0. The van der Waals surface area contributed by atoms with Crippen molar-refractivity contribution in [3.05, 3.63) is 17.7 Å². The average Bonchev–Trinajstić information content (AvgIpc) is 2.14. The number of anilines is 1. The summed E-state index contributed by atoms with van der Waals surface area (Å²) < 4.78 is 26.9. The fraction of sp³-hybridized carbons (Fsp3) is 0.125. The van der Waals surface area contributed by atoms with Crippen molar-refractivity contribution in [1.29, 1.82) is 0 Å². The first kappa shape index (κ1) is 12.3. The monoisotopic (exact) mass is 246 g/mol. The number of aromatic carboxylic acids is 1. The van der Waals surface area contributed by atoms with Crippen LogP contribution < -0.4 is 15.6 Å². The highest BCUT2D eigenvalue weighted by Crippen LogP contribution is 2.27. The Morgan fingerprint density at radius 1 is 1.44 bits per heavy atom. The Kier molecular flexibility index (Phi) is 3.06. The largest absolute Gasteiger partial charge is 0.496 e. The second kappa shape index (κ2) is 3.99. The molecule has 16 heavy (non-hydrogen) atoms. The minimum atomic E-state index is -4.06. The molecule has 0 fully saturated rings. The third-order valence-corrected chi connectivity index (χ3v) is 2.84. The van der Waals surface area contributed by atoms with Gasteiger partial charge in [0.2, 0.25) is 10.0 Å². The van der Waals surface area contributed by atoms with Gasteiger partial charge in [-0.15, -0.1) is 0 Å². The zero-order chi connectivity index (χ0) is 12.5. The van der Waals surface area contributed by atoms with Crippen molar-refractivity contribution in [2.75, 3.05) is 12.8 Å². The second-order valence-electron chi connectivity index (χ2n) is 2.94. The van der Waals surface area contributed by atoms with Gasteiger partial charge < -0.3 is 15.6 Å². The predicted molar refractivity (Wildman–Crippen MR) is 55.7 cm³/mol. The first-order chi connectivity index (χ1) is 7.27. The highest BCUT2D eigenvalue weighted by Gasteiger charge is 2.19. The van der Waals surface area contributed by atoms with Gasteiger partial charge in [0, 0.05) is 6.07 Å². The zero-order valence-electron chi connectivity index (χ0n) is 8.30. The molecule has 0 heterocycles. The van der Waals surface area contributed by atoms with Crippen molar-refractivity contribution in [1.82, 2.24) is 0 Å². The number of methoxy groups -OCH3 is 1. The van der Waals surface area contributed by atoms with E-state index in [9.17, 15) is 13.2 Å². The summed E-state index contributed by atoms with van der Waals surface area (Å²) >= 11 is 0. The maximum absolute atomic E-state index is 11.1. The molecule has 0 atom stereocenters. The van der Waals surface area contributed by atoms with Gasteiger partial charge in [-0.3, -0.25) is 0 Å². The van der Waals surface area contributed by atoms with Crippen LogP contribution in [0.4, 0.5) is 5.69 Å². The Balaban J connectivity index is 3.58. The van der Waals surface area contributed by atoms with E-state index in [-0.39, 0.29) is 17.0 Å². The third kappa shape index (κ3) is 2.23. The van der Waals surface area contributed by atoms with Crippen molar-refractivity contribution in [2.45, 2.75) is 4.90 Å². The molecule has 0 spiro atoms. The quantitative estimate of drug-likeness (QED) is 0.623. The van der Waals surface area contributed by atoms with Gasteiger partial charge in [0.1, 0.15) is 16.2 Å². The molecule has 0 aliphatic rings. The van der Waals surface area contributed by atoms with Gasteiger partial charge in [0.25, 0.3) is 0 Å². The Morgan fingerprint density at radius 3 is 2.38 bits per heavy atom. The van der Waals surface area contributed by atoms with E-state index in [2.05, 4.69) is 0 Å². The minimum Gasteiger partial charge on any atom is -0.496 e. The first-order valence-corrected chi connectivity index (χ1v) is 5.55. The number of carboxylic acid groups (broad SMARTS) is 1. The Labute approximate surface area is 91.7 Å². The predicted octanol–water partition coefficient (Wildman–Crippen LogP) is -0.377. The van der Waals surface area contributed by atoms with E-state index < -0.39 is 20.9 Å². The van der Waals surface area contributed by atoms with Gasteiger partial charge in [-0.2, -0.15) is 0 Å². The summed E-state index contributed by atoms with van der Waals surface area (Å²) in [5.41, 5.74) is 4.94. The van der Waals surface area contributed by atoms with Crippen LogP contribution >= 0.6 is 0 Å². The molecule has 5 N–H and O–H groups in total. The lowest BCUT2D eigenvalue weighted by Crippen LogP contribution is -2.16. The molecule has 0 aromatic heterocycles. The number of nitrogen functional groups attached to an aromatic ring is 1. The normalized spacial score (nSPS) is 11.1. The first-order valence-electron chi connectivity index (χ1n) is 4.01. The molecule has 8 heteroatoms. The van der Waals surface area contributed by atoms with Crippen molar-refractivity contribution in [3.63, 3.8) is 0 Å². The SMILES string of the molecule is COc1cc(N)c(S(N)(=O)=O)cc1C(=O)O. The molecule has 0 radical (unpaired) electrons. The molecular formula is C8H10N2O5S. The molecule has 0 bridgehead atoms. The summed E-state index contributed by atoms with van der Waals surface area (Å²) in [7, 11) is -2.81. The molecule has 0 saturated heterocycles. The van der Waals surface area contributed by atoms with Crippen LogP contribution in [0.2, 0.25) is 0 Å². The van der Waals surface area contributed by atoms with Crippen LogP contribution in [0.5, 0.6) is 5.75 Å². The molecule has 1 rings (SSSR count). The number of rotatable bonds is 3. The van der Waals surface area contributed by atoms with E-state index in [1.165, 1.54) is 7.11 Å². The maximum Gasteiger partial charge on any atom is 0.339 e. The van der Waals surface area contributed by atoms with Crippen LogP contribution in [0.25, 0.3) is 0 Å². The van der Waals surface area contributed by atoms with Crippen molar-refractivity contribution < 1.29 is 23.1 Å². The summed E-state index contributed by atoms with van der Waals surface area (Å²) in [5, 5.41) is 13.7. The number of primary sulfonamides is 1. The summed E-state index contributed by atoms with van der Waals surface area (Å²) in [5.74, 6) is -1.36. The van der Waals surface area contributed by atoms with E-state index in [4.69, 9.17) is 20.7 Å². The second-order valence-corrected chi connectivity index (χ2v) is 4.47.